The van der Waals surface area contributed by atoms with Crippen LogP contribution in [0.2, 0.25) is 0 Å². The highest BCUT2D eigenvalue weighted by Crippen LogP contribution is 2.13. The van der Waals surface area contributed by atoms with Crippen LogP contribution < -0.4 is 16.0 Å². The highest BCUT2D eigenvalue weighted by molar-refractivity contribution is 5.92. The number of rotatable bonds is 4. The topological polar surface area (TPSA) is 53.2 Å². The molecule has 1 aromatic rings. The lowest BCUT2D eigenvalue weighted by Crippen LogP contribution is -2.47. The van der Waals surface area contributed by atoms with Crippen molar-refractivity contribution in [2.24, 2.45) is 0 Å². The molecule has 1 atom stereocenters. The Labute approximate surface area is 106 Å². The van der Waals surface area contributed by atoms with Gasteiger partial charge in [-0.15, -0.1) is 0 Å². The number of hydrogen-bond donors (Lipinski definition) is 3. The summed E-state index contributed by atoms with van der Waals surface area (Å²) < 4.78 is 12.9. The molecule has 1 aromatic carbocycles. The zero-order valence-electron chi connectivity index (χ0n) is 10.4. The molecule has 5 heteroatoms. The van der Waals surface area contributed by atoms with E-state index < -0.39 is 0 Å². The summed E-state index contributed by atoms with van der Waals surface area (Å²) in [5, 5.41) is 9.14. The number of anilines is 1. The van der Waals surface area contributed by atoms with Crippen LogP contribution in [0.4, 0.5) is 10.1 Å². The van der Waals surface area contributed by atoms with Gasteiger partial charge in [-0.05, 0) is 38.1 Å². The molecule has 1 saturated heterocycles. The molecule has 0 aromatic heterocycles. The van der Waals surface area contributed by atoms with Gasteiger partial charge in [0.25, 0.3) is 0 Å². The van der Waals surface area contributed by atoms with E-state index in [9.17, 15) is 9.18 Å². The number of benzene rings is 1. The van der Waals surface area contributed by atoms with Gasteiger partial charge >= 0.3 is 0 Å². The van der Waals surface area contributed by atoms with E-state index in [4.69, 9.17) is 0 Å². The van der Waals surface area contributed by atoms with Crippen molar-refractivity contribution in [1.82, 2.24) is 10.6 Å². The molecule has 0 bridgehead atoms. The lowest BCUT2D eigenvalue weighted by atomic mass is 10.0. The predicted molar refractivity (Wildman–Crippen MR) is 68.9 cm³/mol. The van der Waals surface area contributed by atoms with Gasteiger partial charge in [-0.25, -0.2) is 4.39 Å². The molecule has 1 aliphatic heterocycles. The lowest BCUT2D eigenvalue weighted by molar-refractivity contribution is -0.115. The molecule has 98 valence electrons. The van der Waals surface area contributed by atoms with Gasteiger partial charge in [0.1, 0.15) is 5.82 Å². The Morgan fingerprint density at radius 1 is 1.56 bits per heavy atom. The number of carbonyl (C=O) groups excluding carboxylic acids is 1. The van der Waals surface area contributed by atoms with Crippen molar-refractivity contribution in [3.05, 3.63) is 30.1 Å². The maximum Gasteiger partial charge on any atom is 0.238 e. The van der Waals surface area contributed by atoms with Crippen LogP contribution in [0.1, 0.15) is 13.3 Å². The average Bonchev–Trinajstić information content (AvgIpc) is 2.74. The molecule has 3 N–H and O–H groups in total. The number of hydrogen-bond acceptors (Lipinski definition) is 3. The molecule has 0 spiro atoms. The maximum absolute atomic E-state index is 12.9. The van der Waals surface area contributed by atoms with E-state index >= 15 is 0 Å². The first-order valence-corrected chi connectivity index (χ1v) is 6.09. The quantitative estimate of drug-likeness (QED) is 0.751. The smallest absolute Gasteiger partial charge is 0.238 e. The van der Waals surface area contributed by atoms with Crippen LogP contribution >= 0.6 is 0 Å². The van der Waals surface area contributed by atoms with Crippen molar-refractivity contribution in [2.75, 3.05) is 25.0 Å². The summed E-state index contributed by atoms with van der Waals surface area (Å²) in [5.41, 5.74) is 0.454. The summed E-state index contributed by atoms with van der Waals surface area (Å²) in [6.07, 6.45) is 1.00. The van der Waals surface area contributed by atoms with Crippen molar-refractivity contribution in [1.29, 1.82) is 0 Å². The molecule has 1 aliphatic rings. The standard InChI is InChI=1S/C13H18FN3O/c1-13(5-6-15-9-13)16-8-12(18)17-11-4-2-3-10(14)7-11/h2-4,7,15-16H,5-6,8-9H2,1H3,(H,17,18). The van der Waals surface area contributed by atoms with Gasteiger partial charge < -0.3 is 16.0 Å². The van der Waals surface area contributed by atoms with Crippen LogP contribution in [-0.4, -0.2) is 31.1 Å². The van der Waals surface area contributed by atoms with E-state index in [2.05, 4.69) is 22.9 Å². The summed E-state index contributed by atoms with van der Waals surface area (Å²) in [6, 6.07) is 5.89. The summed E-state index contributed by atoms with van der Waals surface area (Å²) in [4.78, 5) is 11.7. The van der Waals surface area contributed by atoms with Gasteiger partial charge in [0.05, 0.1) is 6.54 Å². The van der Waals surface area contributed by atoms with E-state index in [1.807, 2.05) is 0 Å². The first-order chi connectivity index (χ1) is 8.57. The minimum Gasteiger partial charge on any atom is -0.325 e. The second-order valence-corrected chi connectivity index (χ2v) is 4.90. The molecule has 2 rings (SSSR count). The summed E-state index contributed by atoms with van der Waals surface area (Å²) >= 11 is 0. The molecular weight excluding hydrogens is 233 g/mol. The first kappa shape index (κ1) is 13.0. The minimum absolute atomic E-state index is 0.0285. The van der Waals surface area contributed by atoms with E-state index in [-0.39, 0.29) is 23.8 Å². The van der Waals surface area contributed by atoms with Gasteiger partial charge in [0.15, 0.2) is 0 Å². The Morgan fingerprint density at radius 3 is 3.06 bits per heavy atom. The molecule has 0 radical (unpaired) electrons. The van der Waals surface area contributed by atoms with Crippen LogP contribution in [0.15, 0.2) is 24.3 Å². The second kappa shape index (κ2) is 5.46. The fourth-order valence-corrected chi connectivity index (χ4v) is 2.03. The van der Waals surface area contributed by atoms with Crippen molar-refractivity contribution >= 4 is 11.6 Å². The normalized spacial score (nSPS) is 23.0. The highest BCUT2D eigenvalue weighted by atomic mass is 19.1. The number of amides is 1. The molecule has 4 nitrogen and oxygen atoms in total. The van der Waals surface area contributed by atoms with Crippen LogP contribution in [0.3, 0.4) is 0 Å². The minimum atomic E-state index is -0.354. The third kappa shape index (κ3) is 3.51. The zero-order valence-corrected chi connectivity index (χ0v) is 10.4. The predicted octanol–water partition coefficient (Wildman–Crippen LogP) is 1.11. The van der Waals surface area contributed by atoms with Crippen LogP contribution in [0, 0.1) is 5.82 Å². The van der Waals surface area contributed by atoms with E-state index in [1.54, 1.807) is 12.1 Å². The SMILES string of the molecule is CC1(NCC(=O)Nc2cccc(F)c2)CCNC1. The Balaban J connectivity index is 1.82. The zero-order chi connectivity index (χ0) is 13.0. The molecule has 1 fully saturated rings. The molecule has 1 heterocycles. The lowest BCUT2D eigenvalue weighted by Gasteiger charge is -2.24. The first-order valence-electron chi connectivity index (χ1n) is 6.09. The van der Waals surface area contributed by atoms with E-state index in [1.165, 1.54) is 12.1 Å². The fourth-order valence-electron chi connectivity index (χ4n) is 2.03. The summed E-state index contributed by atoms with van der Waals surface area (Å²) in [5.74, 6) is -0.513. The average molecular weight is 251 g/mol. The molecule has 0 saturated carbocycles. The maximum atomic E-state index is 12.9. The third-order valence-electron chi connectivity index (χ3n) is 3.15. The van der Waals surface area contributed by atoms with Gasteiger partial charge in [-0.3, -0.25) is 4.79 Å². The molecule has 1 amide bonds. The molecular formula is C13H18FN3O. The summed E-state index contributed by atoms with van der Waals surface area (Å²) in [7, 11) is 0. The van der Waals surface area contributed by atoms with Gasteiger partial charge in [0.2, 0.25) is 5.91 Å². The largest absolute Gasteiger partial charge is 0.325 e. The third-order valence-corrected chi connectivity index (χ3v) is 3.15. The van der Waals surface area contributed by atoms with Crippen molar-refractivity contribution in [3.63, 3.8) is 0 Å². The number of carbonyl (C=O) groups is 1. The second-order valence-electron chi connectivity index (χ2n) is 4.90. The Morgan fingerprint density at radius 2 is 2.39 bits per heavy atom. The molecule has 18 heavy (non-hydrogen) atoms. The Hall–Kier alpha value is -1.46. The van der Waals surface area contributed by atoms with E-state index in [0.717, 1.165) is 19.5 Å². The molecule has 1 unspecified atom stereocenters. The summed E-state index contributed by atoms with van der Waals surface area (Å²) in [6.45, 7) is 4.15. The van der Waals surface area contributed by atoms with Crippen LogP contribution in [-0.2, 0) is 4.79 Å². The fraction of sp³-hybridized carbons (Fsp3) is 0.462. The van der Waals surface area contributed by atoms with Gasteiger partial charge in [-0.2, -0.15) is 0 Å². The van der Waals surface area contributed by atoms with Crippen molar-refractivity contribution in [3.8, 4) is 0 Å². The number of halogens is 1. The number of nitrogens with one attached hydrogen (secondary N) is 3. The Kier molecular flexibility index (Phi) is 3.93. The van der Waals surface area contributed by atoms with Crippen LogP contribution in [0.5, 0.6) is 0 Å². The van der Waals surface area contributed by atoms with Crippen molar-refractivity contribution < 1.29 is 9.18 Å². The van der Waals surface area contributed by atoms with Gasteiger partial charge in [-0.1, -0.05) is 6.07 Å². The highest BCUT2D eigenvalue weighted by Gasteiger charge is 2.28. The van der Waals surface area contributed by atoms with E-state index in [0.29, 0.717) is 5.69 Å². The molecule has 0 aliphatic carbocycles. The van der Waals surface area contributed by atoms with Gasteiger partial charge in [0, 0.05) is 17.8 Å². The van der Waals surface area contributed by atoms with Crippen LogP contribution in [0.25, 0.3) is 0 Å². The monoisotopic (exact) mass is 251 g/mol. The van der Waals surface area contributed by atoms with Crippen molar-refractivity contribution in [2.45, 2.75) is 18.9 Å². The Bertz CT molecular complexity index is 430.